The number of amidine groups is 1. The van der Waals surface area contributed by atoms with E-state index in [0.29, 0.717) is 17.8 Å². The average molecular weight is 236 g/mol. The lowest BCUT2D eigenvalue weighted by Gasteiger charge is -2.12. The fourth-order valence-electron chi connectivity index (χ4n) is 1.49. The van der Waals surface area contributed by atoms with E-state index in [1.54, 1.807) is 12.1 Å². The highest BCUT2D eigenvalue weighted by Crippen LogP contribution is 2.19. The van der Waals surface area contributed by atoms with Gasteiger partial charge < -0.3 is 21.6 Å². The standard InChI is InChI=1S/C11H16N4O2/c1-3-13-11(16)14-8-6-4-5-7(2)9(8)10(12)15-17/h4-6,17H,3H2,1-2H3,(H2,12,15)(H2,13,14,16). The molecule has 0 bridgehead atoms. The van der Waals surface area contributed by atoms with Crippen LogP contribution in [0.25, 0.3) is 0 Å². The van der Waals surface area contributed by atoms with Gasteiger partial charge in [-0.2, -0.15) is 0 Å². The predicted octanol–water partition coefficient (Wildman–Crippen LogP) is 1.23. The molecular weight excluding hydrogens is 220 g/mol. The summed E-state index contributed by atoms with van der Waals surface area (Å²) in [5, 5.41) is 16.9. The van der Waals surface area contributed by atoms with Crippen molar-refractivity contribution in [3.63, 3.8) is 0 Å². The molecule has 0 radical (unpaired) electrons. The smallest absolute Gasteiger partial charge is 0.319 e. The molecule has 0 aliphatic heterocycles. The summed E-state index contributed by atoms with van der Waals surface area (Å²) in [5.41, 5.74) is 7.41. The van der Waals surface area contributed by atoms with Crippen LogP contribution in [0.3, 0.4) is 0 Å². The second-order valence-electron chi connectivity index (χ2n) is 3.47. The van der Waals surface area contributed by atoms with Crippen molar-refractivity contribution in [1.29, 1.82) is 0 Å². The van der Waals surface area contributed by atoms with Gasteiger partial charge in [-0.15, -0.1) is 0 Å². The summed E-state index contributed by atoms with van der Waals surface area (Å²) in [5.74, 6) is -0.0325. The minimum Gasteiger partial charge on any atom is -0.409 e. The molecule has 0 aliphatic carbocycles. The van der Waals surface area contributed by atoms with Gasteiger partial charge in [-0.05, 0) is 25.5 Å². The molecule has 92 valence electrons. The van der Waals surface area contributed by atoms with Gasteiger partial charge in [-0.25, -0.2) is 4.79 Å². The van der Waals surface area contributed by atoms with Crippen LogP contribution in [0.15, 0.2) is 23.4 Å². The maximum atomic E-state index is 11.4. The lowest BCUT2D eigenvalue weighted by atomic mass is 10.1. The summed E-state index contributed by atoms with van der Waals surface area (Å²) in [7, 11) is 0. The summed E-state index contributed by atoms with van der Waals surface area (Å²) in [4.78, 5) is 11.4. The van der Waals surface area contributed by atoms with Gasteiger partial charge in [0.05, 0.1) is 5.69 Å². The summed E-state index contributed by atoms with van der Waals surface area (Å²) in [6.07, 6.45) is 0. The van der Waals surface area contributed by atoms with Gasteiger partial charge in [-0.1, -0.05) is 17.3 Å². The number of nitrogens with zero attached hydrogens (tertiary/aromatic N) is 1. The molecule has 0 saturated heterocycles. The number of carbonyl (C=O) groups excluding carboxylic acids is 1. The molecule has 0 aliphatic rings. The Bertz CT molecular complexity index is 443. The number of benzene rings is 1. The number of hydrogen-bond acceptors (Lipinski definition) is 3. The summed E-state index contributed by atoms with van der Waals surface area (Å²) in [6.45, 7) is 4.16. The minimum absolute atomic E-state index is 0.0325. The summed E-state index contributed by atoms with van der Waals surface area (Å²) < 4.78 is 0. The number of carbonyl (C=O) groups is 1. The van der Waals surface area contributed by atoms with Gasteiger partial charge in [0.1, 0.15) is 0 Å². The van der Waals surface area contributed by atoms with Gasteiger partial charge >= 0.3 is 6.03 Å². The molecule has 0 atom stereocenters. The maximum absolute atomic E-state index is 11.4. The number of anilines is 1. The monoisotopic (exact) mass is 236 g/mol. The van der Waals surface area contributed by atoms with E-state index in [2.05, 4.69) is 15.8 Å². The molecule has 2 amide bonds. The first-order valence-corrected chi connectivity index (χ1v) is 5.22. The molecule has 0 unspecified atom stereocenters. The Morgan fingerprint density at radius 3 is 2.82 bits per heavy atom. The van der Waals surface area contributed by atoms with Crippen LogP contribution in [0.4, 0.5) is 10.5 Å². The molecule has 1 aromatic carbocycles. The number of urea groups is 1. The number of aryl methyl sites for hydroxylation is 1. The molecular formula is C11H16N4O2. The molecule has 0 heterocycles. The Hall–Kier alpha value is -2.24. The maximum Gasteiger partial charge on any atom is 0.319 e. The Morgan fingerprint density at radius 2 is 2.24 bits per heavy atom. The van der Waals surface area contributed by atoms with E-state index in [9.17, 15) is 4.79 Å². The van der Waals surface area contributed by atoms with Gasteiger partial charge in [0.2, 0.25) is 0 Å². The van der Waals surface area contributed by atoms with Crippen LogP contribution in [0.5, 0.6) is 0 Å². The van der Waals surface area contributed by atoms with Crippen molar-refractivity contribution >= 4 is 17.6 Å². The number of amides is 2. The van der Waals surface area contributed by atoms with E-state index < -0.39 is 0 Å². The summed E-state index contributed by atoms with van der Waals surface area (Å²) >= 11 is 0. The third-order valence-corrected chi connectivity index (χ3v) is 2.22. The molecule has 5 N–H and O–H groups in total. The van der Waals surface area contributed by atoms with Crippen molar-refractivity contribution in [2.45, 2.75) is 13.8 Å². The zero-order valence-electron chi connectivity index (χ0n) is 9.82. The number of nitrogens with one attached hydrogen (secondary N) is 2. The molecule has 0 saturated carbocycles. The summed E-state index contributed by atoms with van der Waals surface area (Å²) in [6, 6.07) is 4.96. The Kier molecular flexibility index (Phi) is 4.33. The van der Waals surface area contributed by atoms with Crippen LogP contribution in [0.2, 0.25) is 0 Å². The number of hydrogen-bond donors (Lipinski definition) is 4. The Balaban J connectivity index is 3.07. The molecule has 0 aromatic heterocycles. The third kappa shape index (κ3) is 3.10. The van der Waals surface area contributed by atoms with E-state index >= 15 is 0 Å². The van der Waals surface area contributed by atoms with Crippen molar-refractivity contribution in [2.24, 2.45) is 10.9 Å². The number of oxime groups is 1. The SMILES string of the molecule is CCNC(=O)Nc1cccc(C)c1/C(N)=N/O. The van der Waals surface area contributed by atoms with Crippen molar-refractivity contribution < 1.29 is 10.0 Å². The van der Waals surface area contributed by atoms with Crippen LogP contribution < -0.4 is 16.4 Å². The van der Waals surface area contributed by atoms with Crippen LogP contribution in [0.1, 0.15) is 18.1 Å². The van der Waals surface area contributed by atoms with E-state index in [1.165, 1.54) is 0 Å². The van der Waals surface area contributed by atoms with Crippen LogP contribution >= 0.6 is 0 Å². The van der Waals surface area contributed by atoms with Gasteiger partial charge in [0.15, 0.2) is 5.84 Å². The predicted molar refractivity (Wildman–Crippen MR) is 66.4 cm³/mol. The lowest BCUT2D eigenvalue weighted by molar-refractivity contribution is 0.252. The van der Waals surface area contributed by atoms with Crippen molar-refractivity contribution in [2.75, 3.05) is 11.9 Å². The Labute approximate surface area is 99.5 Å². The van der Waals surface area contributed by atoms with Crippen LogP contribution in [0, 0.1) is 6.92 Å². The van der Waals surface area contributed by atoms with Crippen molar-refractivity contribution in [1.82, 2.24) is 5.32 Å². The molecule has 1 rings (SSSR count). The first kappa shape index (κ1) is 12.8. The lowest BCUT2D eigenvalue weighted by Crippen LogP contribution is -2.29. The van der Waals surface area contributed by atoms with E-state index in [0.717, 1.165) is 5.56 Å². The van der Waals surface area contributed by atoms with Crippen LogP contribution in [-0.2, 0) is 0 Å². The molecule has 0 fully saturated rings. The van der Waals surface area contributed by atoms with E-state index in [1.807, 2.05) is 19.9 Å². The highest BCUT2D eigenvalue weighted by Gasteiger charge is 2.11. The highest BCUT2D eigenvalue weighted by atomic mass is 16.4. The molecule has 17 heavy (non-hydrogen) atoms. The number of nitrogens with two attached hydrogens (primary N) is 1. The van der Waals surface area contributed by atoms with Gasteiger partial charge in [-0.3, -0.25) is 0 Å². The first-order chi connectivity index (χ1) is 8.10. The second kappa shape index (κ2) is 5.74. The first-order valence-electron chi connectivity index (χ1n) is 5.22. The molecule has 0 spiro atoms. The molecule has 1 aromatic rings. The zero-order chi connectivity index (χ0) is 12.8. The fraction of sp³-hybridized carbons (Fsp3) is 0.273. The average Bonchev–Trinajstić information content (AvgIpc) is 2.28. The van der Waals surface area contributed by atoms with Gasteiger partial charge in [0, 0.05) is 12.1 Å². The normalized spacial score (nSPS) is 11.1. The van der Waals surface area contributed by atoms with E-state index in [-0.39, 0.29) is 11.9 Å². The van der Waals surface area contributed by atoms with Crippen LogP contribution in [-0.4, -0.2) is 23.6 Å². The molecule has 6 nitrogen and oxygen atoms in total. The number of rotatable bonds is 3. The Morgan fingerprint density at radius 1 is 1.53 bits per heavy atom. The zero-order valence-corrected chi connectivity index (χ0v) is 9.82. The van der Waals surface area contributed by atoms with Gasteiger partial charge in [0.25, 0.3) is 0 Å². The molecule has 6 heteroatoms. The topological polar surface area (TPSA) is 99.7 Å². The fourth-order valence-corrected chi connectivity index (χ4v) is 1.49. The van der Waals surface area contributed by atoms with Crippen molar-refractivity contribution in [3.8, 4) is 0 Å². The van der Waals surface area contributed by atoms with Crippen molar-refractivity contribution in [3.05, 3.63) is 29.3 Å². The van der Waals surface area contributed by atoms with E-state index in [4.69, 9.17) is 10.9 Å². The third-order valence-electron chi connectivity index (χ3n) is 2.22. The quantitative estimate of drug-likeness (QED) is 0.275. The minimum atomic E-state index is -0.329. The highest BCUT2D eigenvalue weighted by molar-refractivity contribution is 6.06. The largest absolute Gasteiger partial charge is 0.409 e. The second-order valence-corrected chi connectivity index (χ2v) is 3.47.